The highest BCUT2D eigenvalue weighted by Crippen LogP contribution is 2.27. The third-order valence-corrected chi connectivity index (χ3v) is 6.88. The number of aromatic nitrogens is 5. The maximum absolute atomic E-state index is 13.1. The molecule has 1 N–H and O–H groups in total. The minimum absolute atomic E-state index is 0.0269. The Kier molecular flexibility index (Phi) is 4.71. The van der Waals surface area contributed by atoms with Crippen LogP contribution in [0.3, 0.4) is 0 Å². The Morgan fingerprint density at radius 1 is 1.06 bits per heavy atom. The Morgan fingerprint density at radius 2 is 1.84 bits per heavy atom. The van der Waals surface area contributed by atoms with E-state index in [1.807, 2.05) is 12.1 Å². The Morgan fingerprint density at radius 3 is 2.66 bits per heavy atom. The van der Waals surface area contributed by atoms with Crippen molar-refractivity contribution in [3.63, 3.8) is 0 Å². The van der Waals surface area contributed by atoms with E-state index in [9.17, 15) is 13.2 Å². The van der Waals surface area contributed by atoms with Crippen LogP contribution in [0.5, 0.6) is 0 Å². The van der Waals surface area contributed by atoms with Crippen molar-refractivity contribution in [3.8, 4) is 0 Å². The van der Waals surface area contributed by atoms with E-state index in [-0.39, 0.29) is 22.4 Å². The van der Waals surface area contributed by atoms with Gasteiger partial charge in [0.15, 0.2) is 5.03 Å². The highest BCUT2D eigenvalue weighted by Gasteiger charge is 2.24. The number of aryl methyl sites for hydroxylation is 1. The molecule has 0 fully saturated rings. The van der Waals surface area contributed by atoms with Crippen molar-refractivity contribution in [2.24, 2.45) is 7.05 Å². The van der Waals surface area contributed by atoms with Crippen molar-refractivity contribution < 1.29 is 13.2 Å². The van der Waals surface area contributed by atoms with Crippen molar-refractivity contribution >= 4 is 32.4 Å². The number of para-hydroxylation sites is 1. The first-order valence-corrected chi connectivity index (χ1v) is 11.2. The molecule has 0 aliphatic carbocycles. The molecule has 0 atom stereocenters. The summed E-state index contributed by atoms with van der Waals surface area (Å²) in [5.41, 5.74) is 1.91. The average molecular weight is 446 g/mol. The van der Waals surface area contributed by atoms with Gasteiger partial charge in [0.25, 0.3) is 5.91 Å². The van der Waals surface area contributed by atoms with Crippen LogP contribution in [-0.2, 0) is 23.4 Å². The number of hydrogen-bond donors (Lipinski definition) is 1. The molecule has 1 amide bonds. The average Bonchev–Trinajstić information content (AvgIpc) is 3.42. The summed E-state index contributed by atoms with van der Waals surface area (Å²) in [5.74, 6) is 0.226. The van der Waals surface area contributed by atoms with Gasteiger partial charge in [0.05, 0.1) is 16.0 Å². The van der Waals surface area contributed by atoms with Gasteiger partial charge in [-0.3, -0.25) is 13.9 Å². The first kappa shape index (κ1) is 19.9. The number of nitrogens with one attached hydrogen (secondary N) is 1. The molecule has 0 unspecified atom stereocenters. The third-order valence-electron chi connectivity index (χ3n) is 5.17. The zero-order chi connectivity index (χ0) is 22.3. The predicted octanol–water partition coefficient (Wildman–Crippen LogP) is 2.38. The molecule has 32 heavy (non-hydrogen) atoms. The van der Waals surface area contributed by atoms with Gasteiger partial charge >= 0.3 is 0 Å². The van der Waals surface area contributed by atoms with Gasteiger partial charge in [0, 0.05) is 43.8 Å². The quantitative estimate of drug-likeness (QED) is 0.444. The second-order valence-electron chi connectivity index (χ2n) is 7.25. The van der Waals surface area contributed by atoms with Gasteiger partial charge in [0.1, 0.15) is 0 Å². The fourth-order valence-electron chi connectivity index (χ4n) is 3.50. The van der Waals surface area contributed by atoms with Crippen molar-refractivity contribution in [1.82, 2.24) is 29.5 Å². The van der Waals surface area contributed by atoms with Gasteiger partial charge in [-0.25, -0.2) is 18.4 Å². The van der Waals surface area contributed by atoms with Gasteiger partial charge < -0.3 is 5.32 Å². The molecule has 5 rings (SSSR count). The SMILES string of the molecule is Cn1nc(S(=O)(=O)c2ccc(CNC(=O)c3cnc4nccn4c3)cc2)c2ccccc21. The van der Waals surface area contributed by atoms with E-state index >= 15 is 0 Å². The summed E-state index contributed by atoms with van der Waals surface area (Å²) in [6.45, 7) is 0.244. The minimum atomic E-state index is -3.79. The van der Waals surface area contributed by atoms with Gasteiger partial charge in [-0.1, -0.05) is 24.3 Å². The summed E-state index contributed by atoms with van der Waals surface area (Å²) < 4.78 is 29.5. The van der Waals surface area contributed by atoms with E-state index in [4.69, 9.17) is 0 Å². The predicted molar refractivity (Wildman–Crippen MR) is 117 cm³/mol. The molecule has 160 valence electrons. The molecule has 3 aromatic heterocycles. The van der Waals surface area contributed by atoms with E-state index in [1.165, 1.54) is 18.3 Å². The van der Waals surface area contributed by atoms with E-state index < -0.39 is 9.84 Å². The van der Waals surface area contributed by atoms with Crippen LogP contribution < -0.4 is 5.32 Å². The number of carbonyl (C=O) groups is 1. The van der Waals surface area contributed by atoms with E-state index in [0.717, 1.165) is 11.1 Å². The monoisotopic (exact) mass is 446 g/mol. The minimum Gasteiger partial charge on any atom is -0.348 e. The molecule has 2 aromatic carbocycles. The van der Waals surface area contributed by atoms with Gasteiger partial charge in [-0.05, 0) is 29.8 Å². The molecule has 0 aliphatic rings. The van der Waals surface area contributed by atoms with Crippen LogP contribution in [0.2, 0.25) is 0 Å². The summed E-state index contributed by atoms with van der Waals surface area (Å²) in [6.07, 6.45) is 6.43. The van der Waals surface area contributed by atoms with E-state index in [2.05, 4.69) is 20.4 Å². The molecule has 9 nitrogen and oxygen atoms in total. The van der Waals surface area contributed by atoms with Crippen LogP contribution in [0.1, 0.15) is 15.9 Å². The zero-order valence-corrected chi connectivity index (χ0v) is 17.8. The number of benzene rings is 2. The Labute approximate surface area is 183 Å². The maximum atomic E-state index is 13.1. The topological polar surface area (TPSA) is 111 Å². The van der Waals surface area contributed by atoms with Crippen LogP contribution in [0, 0.1) is 0 Å². The van der Waals surface area contributed by atoms with Crippen LogP contribution in [0.25, 0.3) is 16.7 Å². The lowest BCUT2D eigenvalue weighted by Crippen LogP contribution is -2.23. The molecule has 0 saturated carbocycles. The third kappa shape index (κ3) is 3.40. The molecular formula is C22H18N6O3S. The lowest BCUT2D eigenvalue weighted by Gasteiger charge is -2.07. The van der Waals surface area contributed by atoms with Gasteiger partial charge in [0.2, 0.25) is 15.6 Å². The summed E-state index contributed by atoms with van der Waals surface area (Å²) in [4.78, 5) is 20.7. The van der Waals surface area contributed by atoms with Crippen molar-refractivity contribution in [2.75, 3.05) is 0 Å². The lowest BCUT2D eigenvalue weighted by molar-refractivity contribution is 0.0950. The Hall–Kier alpha value is -4.05. The second-order valence-corrected chi connectivity index (χ2v) is 9.12. The summed E-state index contributed by atoms with van der Waals surface area (Å²) in [5, 5.41) is 7.65. The standard InChI is InChI=1S/C22H18N6O3S/c1-27-19-5-3-2-4-18(19)21(26-27)32(30,31)17-8-6-15(7-9-17)12-24-20(29)16-13-25-22-23-10-11-28(22)14-16/h2-11,13-14H,12H2,1H3,(H,24,29). The van der Waals surface area contributed by atoms with Gasteiger partial charge in [-0.15, -0.1) is 0 Å². The van der Waals surface area contributed by atoms with Crippen LogP contribution in [-0.4, -0.2) is 38.5 Å². The molecule has 0 spiro atoms. The second kappa shape index (κ2) is 7.57. The van der Waals surface area contributed by atoms with Crippen molar-refractivity contribution in [1.29, 1.82) is 0 Å². The number of imidazole rings is 1. The van der Waals surface area contributed by atoms with Crippen molar-refractivity contribution in [2.45, 2.75) is 16.5 Å². The fraction of sp³-hybridized carbons (Fsp3) is 0.0909. The maximum Gasteiger partial charge on any atom is 0.254 e. The molecule has 0 saturated heterocycles. The highest BCUT2D eigenvalue weighted by molar-refractivity contribution is 7.91. The molecular weight excluding hydrogens is 428 g/mol. The molecule has 5 aromatic rings. The number of nitrogens with zero attached hydrogens (tertiary/aromatic N) is 5. The zero-order valence-electron chi connectivity index (χ0n) is 17.0. The molecule has 3 heterocycles. The Balaban J connectivity index is 1.33. The van der Waals surface area contributed by atoms with Gasteiger partial charge in [-0.2, -0.15) is 5.10 Å². The first-order valence-electron chi connectivity index (χ1n) is 9.76. The Bertz CT molecular complexity index is 1570. The number of hydrogen-bond acceptors (Lipinski definition) is 6. The normalized spacial score (nSPS) is 11.8. The van der Waals surface area contributed by atoms with Crippen LogP contribution in [0.4, 0.5) is 0 Å². The summed E-state index contributed by atoms with van der Waals surface area (Å²) in [6, 6.07) is 13.6. The van der Waals surface area contributed by atoms with Crippen LogP contribution in [0.15, 0.2) is 83.2 Å². The molecule has 0 bridgehead atoms. The smallest absolute Gasteiger partial charge is 0.254 e. The van der Waals surface area contributed by atoms with Crippen LogP contribution >= 0.6 is 0 Å². The van der Waals surface area contributed by atoms with E-state index in [1.54, 1.807) is 59.0 Å². The number of amides is 1. The van der Waals surface area contributed by atoms with E-state index in [0.29, 0.717) is 16.7 Å². The molecule has 10 heteroatoms. The first-order chi connectivity index (χ1) is 15.4. The summed E-state index contributed by atoms with van der Waals surface area (Å²) >= 11 is 0. The largest absolute Gasteiger partial charge is 0.348 e. The number of carbonyl (C=O) groups excluding carboxylic acids is 1. The van der Waals surface area contributed by atoms with Crippen molar-refractivity contribution in [3.05, 3.63) is 84.4 Å². The lowest BCUT2D eigenvalue weighted by atomic mass is 10.2. The number of fused-ring (bicyclic) bond motifs is 2. The highest BCUT2D eigenvalue weighted by atomic mass is 32.2. The number of rotatable bonds is 5. The molecule has 0 radical (unpaired) electrons. The number of sulfone groups is 1. The summed E-state index contributed by atoms with van der Waals surface area (Å²) in [7, 11) is -2.07. The molecule has 0 aliphatic heterocycles. The fourth-order valence-corrected chi connectivity index (χ4v) is 4.91.